The number of rotatable bonds is 5. The molecule has 1 aromatic rings. The Morgan fingerprint density at radius 2 is 2.36 bits per heavy atom. The molecule has 0 aliphatic carbocycles. The first-order valence-electron chi connectivity index (χ1n) is 4.57. The topological polar surface area (TPSA) is 45.0 Å². The van der Waals surface area contributed by atoms with Crippen LogP contribution in [0.5, 0.6) is 5.75 Å². The molecule has 0 spiro atoms. The minimum absolute atomic E-state index is 0.546. The zero-order chi connectivity index (χ0) is 10.2. The Morgan fingerprint density at radius 1 is 1.50 bits per heavy atom. The summed E-state index contributed by atoms with van der Waals surface area (Å²) in [5, 5.41) is 11.5. The molecular weight excluding hydrogens is 176 g/mol. The molecule has 0 radical (unpaired) electrons. The Balaban J connectivity index is 2.39. The van der Waals surface area contributed by atoms with Crippen LogP contribution < -0.4 is 10.1 Å². The van der Waals surface area contributed by atoms with Gasteiger partial charge in [0.05, 0.1) is 13.2 Å². The Hall–Kier alpha value is -1.53. The summed E-state index contributed by atoms with van der Waals surface area (Å²) < 4.78 is 5.10. The highest BCUT2D eigenvalue weighted by molar-refractivity contribution is 5.28. The van der Waals surface area contributed by atoms with Crippen LogP contribution in [0.4, 0.5) is 0 Å². The van der Waals surface area contributed by atoms with E-state index >= 15 is 0 Å². The number of hydrogen-bond donors (Lipinski definition) is 1. The first kappa shape index (κ1) is 10.6. The molecule has 0 aliphatic rings. The Morgan fingerprint density at radius 3 is 3.07 bits per heavy atom. The van der Waals surface area contributed by atoms with E-state index in [0.29, 0.717) is 6.42 Å². The van der Waals surface area contributed by atoms with Gasteiger partial charge in [0.15, 0.2) is 0 Å². The molecule has 3 nitrogen and oxygen atoms in total. The van der Waals surface area contributed by atoms with Crippen molar-refractivity contribution in [1.29, 1.82) is 5.26 Å². The third-order valence-electron chi connectivity index (χ3n) is 1.88. The summed E-state index contributed by atoms with van der Waals surface area (Å²) >= 11 is 0. The lowest BCUT2D eigenvalue weighted by atomic mass is 10.2. The molecule has 1 rings (SSSR count). The van der Waals surface area contributed by atoms with E-state index in [-0.39, 0.29) is 0 Å². The van der Waals surface area contributed by atoms with Crippen molar-refractivity contribution in [3.8, 4) is 11.8 Å². The summed E-state index contributed by atoms with van der Waals surface area (Å²) in [6.07, 6.45) is 0.546. The van der Waals surface area contributed by atoms with Crippen LogP contribution in [0.2, 0.25) is 0 Å². The highest BCUT2D eigenvalue weighted by atomic mass is 16.5. The first-order chi connectivity index (χ1) is 6.86. The van der Waals surface area contributed by atoms with Crippen LogP contribution in [0.25, 0.3) is 0 Å². The van der Waals surface area contributed by atoms with Gasteiger partial charge in [0.1, 0.15) is 5.75 Å². The van der Waals surface area contributed by atoms with E-state index in [2.05, 4.69) is 11.4 Å². The molecular formula is C11H14N2O. The number of ether oxygens (including phenoxy) is 1. The Bertz CT molecular complexity index is 317. The minimum atomic E-state index is 0.546. The van der Waals surface area contributed by atoms with Gasteiger partial charge in [-0.1, -0.05) is 12.1 Å². The summed E-state index contributed by atoms with van der Waals surface area (Å²) in [6.45, 7) is 1.51. The van der Waals surface area contributed by atoms with Crippen molar-refractivity contribution in [1.82, 2.24) is 5.32 Å². The van der Waals surface area contributed by atoms with Gasteiger partial charge in [-0.2, -0.15) is 5.26 Å². The van der Waals surface area contributed by atoms with E-state index in [1.807, 2.05) is 24.3 Å². The molecule has 1 aromatic carbocycles. The minimum Gasteiger partial charge on any atom is -0.497 e. The number of benzene rings is 1. The summed E-state index contributed by atoms with van der Waals surface area (Å²) in [6, 6.07) is 9.98. The second-order valence-electron chi connectivity index (χ2n) is 2.94. The average Bonchev–Trinajstić information content (AvgIpc) is 2.25. The van der Waals surface area contributed by atoms with Gasteiger partial charge in [-0.15, -0.1) is 0 Å². The third kappa shape index (κ3) is 3.46. The van der Waals surface area contributed by atoms with Crippen LogP contribution in [0, 0.1) is 11.3 Å². The molecule has 0 saturated carbocycles. The molecule has 1 N–H and O–H groups in total. The fourth-order valence-electron chi connectivity index (χ4n) is 1.16. The maximum atomic E-state index is 8.34. The van der Waals surface area contributed by atoms with E-state index in [0.717, 1.165) is 18.8 Å². The van der Waals surface area contributed by atoms with Gasteiger partial charge in [-0.05, 0) is 17.7 Å². The number of methoxy groups -OCH3 is 1. The van der Waals surface area contributed by atoms with Crippen LogP contribution in [0.3, 0.4) is 0 Å². The highest BCUT2D eigenvalue weighted by Crippen LogP contribution is 2.11. The van der Waals surface area contributed by atoms with Crippen LogP contribution in [-0.2, 0) is 6.54 Å². The number of nitriles is 1. The summed E-state index contributed by atoms with van der Waals surface area (Å²) in [5.41, 5.74) is 1.17. The summed E-state index contributed by atoms with van der Waals surface area (Å²) in [7, 11) is 1.65. The monoisotopic (exact) mass is 190 g/mol. The molecule has 0 saturated heterocycles. The standard InChI is InChI=1S/C11H14N2O/c1-14-11-5-2-4-10(8-11)9-13-7-3-6-12/h2,4-5,8,13H,3,7,9H2,1H3. The molecule has 0 aromatic heterocycles. The smallest absolute Gasteiger partial charge is 0.119 e. The van der Waals surface area contributed by atoms with Gasteiger partial charge in [-0.3, -0.25) is 0 Å². The summed E-state index contributed by atoms with van der Waals surface area (Å²) in [4.78, 5) is 0. The molecule has 14 heavy (non-hydrogen) atoms. The van der Waals surface area contributed by atoms with Crippen LogP contribution in [0.1, 0.15) is 12.0 Å². The predicted molar refractivity (Wildman–Crippen MR) is 54.9 cm³/mol. The van der Waals surface area contributed by atoms with Crippen molar-refractivity contribution < 1.29 is 4.74 Å². The molecule has 0 unspecified atom stereocenters. The number of nitrogens with zero attached hydrogens (tertiary/aromatic N) is 1. The first-order valence-corrected chi connectivity index (χ1v) is 4.57. The van der Waals surface area contributed by atoms with E-state index in [4.69, 9.17) is 10.00 Å². The molecule has 0 atom stereocenters. The quantitative estimate of drug-likeness (QED) is 0.719. The molecule has 0 amide bonds. The number of hydrogen-bond acceptors (Lipinski definition) is 3. The molecule has 3 heteroatoms. The molecule has 0 aliphatic heterocycles. The van der Waals surface area contributed by atoms with E-state index in [1.165, 1.54) is 5.56 Å². The maximum absolute atomic E-state index is 8.34. The zero-order valence-electron chi connectivity index (χ0n) is 8.29. The predicted octanol–water partition coefficient (Wildman–Crippen LogP) is 1.70. The van der Waals surface area contributed by atoms with Crippen molar-refractivity contribution in [2.45, 2.75) is 13.0 Å². The van der Waals surface area contributed by atoms with Gasteiger partial charge in [0.25, 0.3) is 0 Å². The van der Waals surface area contributed by atoms with Crippen molar-refractivity contribution in [2.75, 3.05) is 13.7 Å². The van der Waals surface area contributed by atoms with Crippen molar-refractivity contribution in [3.05, 3.63) is 29.8 Å². The van der Waals surface area contributed by atoms with Crippen molar-refractivity contribution >= 4 is 0 Å². The molecule has 74 valence electrons. The van der Waals surface area contributed by atoms with E-state index in [1.54, 1.807) is 7.11 Å². The number of nitrogens with one attached hydrogen (secondary N) is 1. The fourth-order valence-corrected chi connectivity index (χ4v) is 1.16. The molecule has 0 heterocycles. The molecule has 0 fully saturated rings. The lowest BCUT2D eigenvalue weighted by Crippen LogP contribution is -2.13. The second kappa shape index (κ2) is 6.01. The van der Waals surface area contributed by atoms with Gasteiger partial charge >= 0.3 is 0 Å². The van der Waals surface area contributed by atoms with E-state index < -0.39 is 0 Å². The highest BCUT2D eigenvalue weighted by Gasteiger charge is 1.94. The van der Waals surface area contributed by atoms with Crippen LogP contribution in [-0.4, -0.2) is 13.7 Å². The third-order valence-corrected chi connectivity index (χ3v) is 1.88. The Labute approximate surface area is 84.3 Å². The lowest BCUT2D eigenvalue weighted by Gasteiger charge is -2.04. The normalized spacial score (nSPS) is 9.43. The van der Waals surface area contributed by atoms with Crippen molar-refractivity contribution in [3.63, 3.8) is 0 Å². The lowest BCUT2D eigenvalue weighted by molar-refractivity contribution is 0.414. The van der Waals surface area contributed by atoms with Crippen LogP contribution >= 0.6 is 0 Å². The van der Waals surface area contributed by atoms with Gasteiger partial charge in [0.2, 0.25) is 0 Å². The van der Waals surface area contributed by atoms with Crippen LogP contribution in [0.15, 0.2) is 24.3 Å². The van der Waals surface area contributed by atoms with Gasteiger partial charge in [-0.25, -0.2) is 0 Å². The fraction of sp³-hybridized carbons (Fsp3) is 0.364. The van der Waals surface area contributed by atoms with Gasteiger partial charge < -0.3 is 10.1 Å². The Kier molecular flexibility index (Phi) is 4.53. The van der Waals surface area contributed by atoms with Gasteiger partial charge in [0, 0.05) is 19.5 Å². The zero-order valence-corrected chi connectivity index (χ0v) is 8.29. The molecule has 0 bridgehead atoms. The van der Waals surface area contributed by atoms with Crippen molar-refractivity contribution in [2.24, 2.45) is 0 Å². The SMILES string of the molecule is COc1cccc(CNCCC#N)c1. The summed E-state index contributed by atoms with van der Waals surface area (Å²) in [5.74, 6) is 0.865. The maximum Gasteiger partial charge on any atom is 0.119 e. The largest absolute Gasteiger partial charge is 0.497 e. The average molecular weight is 190 g/mol. The second-order valence-corrected chi connectivity index (χ2v) is 2.94. The van der Waals surface area contributed by atoms with E-state index in [9.17, 15) is 0 Å².